The van der Waals surface area contributed by atoms with Crippen LogP contribution in [0.15, 0.2) is 4.99 Å². The summed E-state index contributed by atoms with van der Waals surface area (Å²) in [6.45, 7) is 8.58. The minimum absolute atomic E-state index is 0.234. The lowest BCUT2D eigenvalue weighted by molar-refractivity contribution is -0.0431. The molecule has 3 aliphatic rings. The number of nitrogens with one attached hydrogen (secondary N) is 1. The van der Waals surface area contributed by atoms with Gasteiger partial charge in [0.05, 0.1) is 19.3 Å². The molecule has 3 rings (SSSR count). The predicted octanol–water partition coefficient (Wildman–Crippen LogP) is 2.10. The van der Waals surface area contributed by atoms with E-state index in [9.17, 15) is 0 Å². The molecule has 0 spiro atoms. The fourth-order valence-electron chi connectivity index (χ4n) is 3.26. The van der Waals surface area contributed by atoms with E-state index in [1.165, 1.54) is 31.6 Å². The van der Waals surface area contributed by atoms with Crippen molar-refractivity contribution in [3.05, 3.63) is 0 Å². The van der Waals surface area contributed by atoms with Crippen LogP contribution in [-0.4, -0.2) is 59.7 Å². The minimum atomic E-state index is 0.234. The number of nitrogens with zero attached hydrogens (tertiary/aromatic N) is 2. The van der Waals surface area contributed by atoms with Crippen molar-refractivity contribution in [1.82, 2.24) is 10.2 Å². The van der Waals surface area contributed by atoms with Gasteiger partial charge >= 0.3 is 0 Å². The molecule has 0 aromatic rings. The Balaban J connectivity index is 1.52. The molecular formula is C15H27N3OS. The summed E-state index contributed by atoms with van der Waals surface area (Å²) in [7, 11) is 0. The summed E-state index contributed by atoms with van der Waals surface area (Å²) in [6, 6.07) is 0.685. The Morgan fingerprint density at radius 3 is 3.30 bits per heavy atom. The molecule has 3 saturated heterocycles. The summed E-state index contributed by atoms with van der Waals surface area (Å²) in [4.78, 5) is 7.37. The monoisotopic (exact) mass is 297 g/mol. The highest BCUT2D eigenvalue weighted by atomic mass is 32.2. The van der Waals surface area contributed by atoms with Crippen molar-refractivity contribution < 1.29 is 4.74 Å². The molecule has 3 heterocycles. The van der Waals surface area contributed by atoms with Gasteiger partial charge in [-0.2, -0.15) is 0 Å². The first kappa shape index (κ1) is 14.7. The maximum atomic E-state index is 5.98. The Morgan fingerprint density at radius 1 is 1.55 bits per heavy atom. The maximum Gasteiger partial charge on any atom is 0.157 e. The Kier molecular flexibility index (Phi) is 4.58. The molecule has 3 atom stereocenters. The van der Waals surface area contributed by atoms with Crippen LogP contribution in [0.5, 0.6) is 0 Å². The molecule has 20 heavy (non-hydrogen) atoms. The van der Waals surface area contributed by atoms with Crippen LogP contribution in [0.1, 0.15) is 39.5 Å². The number of hydrogen-bond donors (Lipinski definition) is 1. The number of hydrogen-bond acceptors (Lipinski definition) is 4. The van der Waals surface area contributed by atoms with Gasteiger partial charge in [0.15, 0.2) is 5.17 Å². The van der Waals surface area contributed by atoms with Gasteiger partial charge in [0.25, 0.3) is 0 Å². The van der Waals surface area contributed by atoms with E-state index < -0.39 is 0 Å². The van der Waals surface area contributed by atoms with Crippen LogP contribution in [0.4, 0.5) is 0 Å². The van der Waals surface area contributed by atoms with E-state index in [0.717, 1.165) is 31.3 Å². The number of ether oxygens (including phenoxy) is 1. The van der Waals surface area contributed by atoms with E-state index in [1.54, 1.807) is 0 Å². The number of fused-ring (bicyclic) bond motifs is 1. The lowest BCUT2D eigenvalue weighted by Crippen LogP contribution is -2.49. The average Bonchev–Trinajstić information content (AvgIpc) is 2.93. The molecule has 0 bridgehead atoms. The molecule has 0 radical (unpaired) electrons. The van der Waals surface area contributed by atoms with Crippen LogP contribution >= 0.6 is 11.8 Å². The van der Waals surface area contributed by atoms with Crippen molar-refractivity contribution in [2.45, 2.75) is 57.2 Å². The zero-order valence-corrected chi connectivity index (χ0v) is 13.5. The Morgan fingerprint density at radius 2 is 2.45 bits per heavy atom. The van der Waals surface area contributed by atoms with E-state index in [-0.39, 0.29) is 11.6 Å². The minimum Gasteiger partial charge on any atom is -0.373 e. The summed E-state index contributed by atoms with van der Waals surface area (Å²) in [5.41, 5.74) is 0.234. The van der Waals surface area contributed by atoms with Crippen LogP contribution in [0.2, 0.25) is 0 Å². The van der Waals surface area contributed by atoms with Gasteiger partial charge in [0.1, 0.15) is 0 Å². The van der Waals surface area contributed by atoms with Crippen LogP contribution in [0, 0.1) is 0 Å². The zero-order valence-electron chi connectivity index (χ0n) is 12.7. The largest absolute Gasteiger partial charge is 0.373 e. The highest BCUT2D eigenvalue weighted by molar-refractivity contribution is 8.13. The summed E-state index contributed by atoms with van der Waals surface area (Å²) < 4.78 is 5.98. The molecule has 3 fully saturated rings. The number of thioether (sulfide) groups is 1. The molecule has 4 nitrogen and oxygen atoms in total. The van der Waals surface area contributed by atoms with Gasteiger partial charge in [-0.15, -0.1) is 0 Å². The third kappa shape index (κ3) is 3.31. The topological polar surface area (TPSA) is 36.9 Å². The van der Waals surface area contributed by atoms with Crippen molar-refractivity contribution in [2.75, 3.05) is 32.0 Å². The van der Waals surface area contributed by atoms with Crippen LogP contribution < -0.4 is 5.32 Å². The van der Waals surface area contributed by atoms with Crippen molar-refractivity contribution in [3.8, 4) is 0 Å². The molecule has 0 saturated carbocycles. The lowest BCUT2D eigenvalue weighted by Gasteiger charge is -2.36. The summed E-state index contributed by atoms with van der Waals surface area (Å²) >= 11 is 1.86. The molecule has 5 heteroatoms. The highest BCUT2D eigenvalue weighted by Gasteiger charge is 2.32. The predicted molar refractivity (Wildman–Crippen MR) is 85.5 cm³/mol. The second kappa shape index (κ2) is 6.24. The van der Waals surface area contributed by atoms with Crippen LogP contribution in [-0.2, 0) is 4.74 Å². The number of aliphatic imine (C=N–C) groups is 1. The SMILES string of the molecule is CCC1(C)CCSC(=NCC2CN3CCCC3CO2)N1. The number of rotatable bonds is 3. The molecule has 3 aliphatic heterocycles. The molecule has 0 aromatic carbocycles. The fourth-order valence-corrected chi connectivity index (χ4v) is 4.49. The van der Waals surface area contributed by atoms with Gasteiger partial charge in [-0.25, -0.2) is 0 Å². The van der Waals surface area contributed by atoms with E-state index >= 15 is 0 Å². The van der Waals surface area contributed by atoms with Crippen LogP contribution in [0.3, 0.4) is 0 Å². The first-order valence-corrected chi connectivity index (χ1v) is 8.98. The number of morpholine rings is 1. The Labute approximate surface area is 126 Å². The molecule has 3 unspecified atom stereocenters. The normalized spacial score (nSPS) is 40.6. The van der Waals surface area contributed by atoms with Gasteiger partial charge < -0.3 is 10.1 Å². The lowest BCUT2D eigenvalue weighted by atomic mass is 9.96. The van der Waals surface area contributed by atoms with Crippen molar-refractivity contribution in [3.63, 3.8) is 0 Å². The maximum absolute atomic E-state index is 5.98. The average molecular weight is 297 g/mol. The Bertz CT molecular complexity index is 376. The Hall–Kier alpha value is -0.260. The number of amidine groups is 1. The van der Waals surface area contributed by atoms with Crippen LogP contribution in [0.25, 0.3) is 0 Å². The molecule has 114 valence electrons. The van der Waals surface area contributed by atoms with Gasteiger partial charge in [0.2, 0.25) is 0 Å². The summed E-state index contributed by atoms with van der Waals surface area (Å²) in [5, 5.41) is 4.73. The van der Waals surface area contributed by atoms with Gasteiger partial charge in [-0.1, -0.05) is 18.7 Å². The van der Waals surface area contributed by atoms with Gasteiger partial charge in [0, 0.05) is 23.9 Å². The van der Waals surface area contributed by atoms with E-state index in [2.05, 4.69) is 24.1 Å². The molecule has 0 amide bonds. The molecule has 0 aromatic heterocycles. The first-order chi connectivity index (χ1) is 9.68. The standard InChI is InChI=1S/C15H27N3OS/c1-3-15(2)6-8-20-14(17-15)16-9-13-10-18-7-4-5-12(18)11-19-13/h12-13H,3-11H2,1-2H3,(H,16,17). The first-order valence-electron chi connectivity index (χ1n) is 7.99. The third-order valence-electron chi connectivity index (χ3n) is 4.98. The third-order valence-corrected chi connectivity index (χ3v) is 5.89. The van der Waals surface area contributed by atoms with Gasteiger partial charge in [-0.3, -0.25) is 9.89 Å². The summed E-state index contributed by atoms with van der Waals surface area (Å²) in [5.74, 6) is 1.18. The highest BCUT2D eigenvalue weighted by Crippen LogP contribution is 2.26. The molecule has 1 N–H and O–H groups in total. The molecular weight excluding hydrogens is 270 g/mol. The van der Waals surface area contributed by atoms with Crippen molar-refractivity contribution in [2.24, 2.45) is 4.99 Å². The summed E-state index contributed by atoms with van der Waals surface area (Å²) in [6.07, 6.45) is 5.31. The second-order valence-electron chi connectivity index (χ2n) is 6.53. The van der Waals surface area contributed by atoms with Crippen molar-refractivity contribution in [1.29, 1.82) is 0 Å². The molecule has 0 aliphatic carbocycles. The van der Waals surface area contributed by atoms with E-state index in [4.69, 9.17) is 9.73 Å². The van der Waals surface area contributed by atoms with Crippen molar-refractivity contribution >= 4 is 16.9 Å². The van der Waals surface area contributed by atoms with E-state index in [0.29, 0.717) is 6.04 Å². The van der Waals surface area contributed by atoms with Gasteiger partial charge in [-0.05, 0) is 39.2 Å². The quantitative estimate of drug-likeness (QED) is 0.865. The van der Waals surface area contributed by atoms with E-state index in [1.807, 2.05) is 11.8 Å². The smallest absolute Gasteiger partial charge is 0.157 e. The second-order valence-corrected chi connectivity index (χ2v) is 7.61. The zero-order chi connectivity index (χ0) is 14.0. The fraction of sp³-hybridized carbons (Fsp3) is 0.933.